The molecule has 2 aromatic carbocycles. The van der Waals surface area contributed by atoms with Gasteiger partial charge in [0.2, 0.25) is 5.91 Å². The Labute approximate surface area is 176 Å². The maximum atomic E-state index is 12.5. The lowest BCUT2D eigenvalue weighted by molar-refractivity contribution is -0.120. The number of benzene rings is 2. The minimum absolute atomic E-state index is 0.0158. The summed E-state index contributed by atoms with van der Waals surface area (Å²) in [6, 6.07) is 18.3. The van der Waals surface area contributed by atoms with Crippen molar-refractivity contribution in [1.82, 2.24) is 20.1 Å². The molecule has 0 bridgehead atoms. The smallest absolute Gasteiger partial charge is 0.233 e. The molecule has 29 heavy (non-hydrogen) atoms. The number of carbonyl (C=O) groups is 1. The summed E-state index contributed by atoms with van der Waals surface area (Å²) in [6.07, 6.45) is 0. The fraction of sp³-hybridized carbons (Fsp3) is 0.348. The Morgan fingerprint density at radius 1 is 1.07 bits per heavy atom. The molecule has 0 radical (unpaired) electrons. The first-order valence-electron chi connectivity index (χ1n) is 9.74. The van der Waals surface area contributed by atoms with E-state index in [1.165, 1.54) is 17.3 Å². The molecule has 0 aliphatic rings. The van der Waals surface area contributed by atoms with Crippen molar-refractivity contribution in [2.24, 2.45) is 7.05 Å². The summed E-state index contributed by atoms with van der Waals surface area (Å²) in [4.78, 5) is 12.5. The molecule has 0 saturated carbocycles. The van der Waals surface area contributed by atoms with Crippen LogP contribution in [0.3, 0.4) is 0 Å². The van der Waals surface area contributed by atoms with Gasteiger partial charge in [-0.15, -0.1) is 10.2 Å². The van der Waals surface area contributed by atoms with Gasteiger partial charge in [0.1, 0.15) is 0 Å². The fourth-order valence-electron chi connectivity index (χ4n) is 2.93. The van der Waals surface area contributed by atoms with E-state index in [0.29, 0.717) is 6.54 Å². The molecule has 1 amide bonds. The quantitative estimate of drug-likeness (QED) is 0.607. The Hall–Kier alpha value is -2.60. The molecule has 1 unspecified atom stereocenters. The number of hydrogen-bond donors (Lipinski definition) is 1. The molecule has 152 valence electrons. The number of carbonyl (C=O) groups excluding carboxylic acids is 1. The van der Waals surface area contributed by atoms with Crippen molar-refractivity contribution in [3.63, 3.8) is 0 Å². The first kappa shape index (κ1) is 21.1. The zero-order chi connectivity index (χ0) is 21.0. The zero-order valence-electron chi connectivity index (χ0n) is 17.6. The monoisotopic (exact) mass is 408 g/mol. The van der Waals surface area contributed by atoms with Crippen LogP contribution < -0.4 is 5.32 Å². The molecule has 6 heteroatoms. The Morgan fingerprint density at radius 2 is 1.72 bits per heavy atom. The van der Waals surface area contributed by atoms with E-state index in [0.717, 1.165) is 22.1 Å². The third-order valence-electron chi connectivity index (χ3n) is 4.81. The van der Waals surface area contributed by atoms with Gasteiger partial charge in [0.15, 0.2) is 11.0 Å². The van der Waals surface area contributed by atoms with Crippen molar-refractivity contribution in [2.45, 2.75) is 50.1 Å². The van der Waals surface area contributed by atoms with Crippen LogP contribution in [0.1, 0.15) is 38.8 Å². The molecular weight excluding hydrogens is 380 g/mol. The number of thioether (sulfide) groups is 1. The predicted molar refractivity (Wildman–Crippen MR) is 119 cm³/mol. The minimum atomic E-state index is -0.266. The second-order valence-electron chi connectivity index (χ2n) is 8.16. The van der Waals surface area contributed by atoms with Crippen LogP contribution in [0.2, 0.25) is 0 Å². The highest BCUT2D eigenvalue weighted by Gasteiger charge is 2.20. The summed E-state index contributed by atoms with van der Waals surface area (Å²) < 4.78 is 1.94. The number of nitrogens with one attached hydrogen (secondary N) is 1. The SMILES string of the molecule is CC(Sc1nnc(-c2ccc(C(C)(C)C)cc2)n1C)C(=O)NCc1ccccc1. The lowest BCUT2D eigenvalue weighted by Gasteiger charge is -2.19. The van der Waals surface area contributed by atoms with E-state index < -0.39 is 0 Å². The van der Waals surface area contributed by atoms with E-state index in [-0.39, 0.29) is 16.6 Å². The van der Waals surface area contributed by atoms with E-state index in [1.54, 1.807) is 0 Å². The van der Waals surface area contributed by atoms with Crippen LogP contribution in [-0.2, 0) is 23.8 Å². The van der Waals surface area contributed by atoms with Crippen LogP contribution in [0.15, 0.2) is 59.8 Å². The van der Waals surface area contributed by atoms with Crippen LogP contribution in [0.4, 0.5) is 0 Å². The Kier molecular flexibility index (Phi) is 6.42. The molecule has 0 aliphatic carbocycles. The van der Waals surface area contributed by atoms with Crippen LogP contribution in [-0.4, -0.2) is 25.9 Å². The van der Waals surface area contributed by atoms with Crippen LogP contribution in [0, 0.1) is 0 Å². The third-order valence-corrected chi connectivity index (χ3v) is 5.94. The fourth-order valence-corrected chi connectivity index (χ4v) is 3.77. The van der Waals surface area contributed by atoms with E-state index in [2.05, 4.69) is 60.6 Å². The Morgan fingerprint density at radius 3 is 2.34 bits per heavy atom. The summed E-state index contributed by atoms with van der Waals surface area (Å²) in [5.41, 5.74) is 3.49. The molecule has 5 nitrogen and oxygen atoms in total. The molecule has 1 heterocycles. The highest BCUT2D eigenvalue weighted by molar-refractivity contribution is 8.00. The van der Waals surface area contributed by atoms with Gasteiger partial charge in [-0.25, -0.2) is 0 Å². The summed E-state index contributed by atoms with van der Waals surface area (Å²) in [6.45, 7) is 9.00. The maximum Gasteiger partial charge on any atom is 0.233 e. The Balaban J connectivity index is 1.65. The van der Waals surface area contributed by atoms with E-state index in [9.17, 15) is 4.79 Å². The van der Waals surface area contributed by atoms with Crippen molar-refractivity contribution in [2.75, 3.05) is 0 Å². The normalized spacial score (nSPS) is 12.6. The average molecular weight is 409 g/mol. The predicted octanol–water partition coefficient (Wildman–Crippen LogP) is 4.58. The molecule has 1 N–H and O–H groups in total. The molecule has 0 fully saturated rings. The van der Waals surface area contributed by atoms with Crippen molar-refractivity contribution >= 4 is 17.7 Å². The Bertz CT molecular complexity index is 959. The second-order valence-corrected chi connectivity index (χ2v) is 9.46. The molecule has 0 spiro atoms. The van der Waals surface area contributed by atoms with Crippen molar-refractivity contribution < 1.29 is 4.79 Å². The van der Waals surface area contributed by atoms with Crippen molar-refractivity contribution in [3.05, 3.63) is 65.7 Å². The molecule has 0 aliphatic heterocycles. The number of amides is 1. The van der Waals surface area contributed by atoms with Crippen molar-refractivity contribution in [1.29, 1.82) is 0 Å². The average Bonchev–Trinajstić information content (AvgIpc) is 3.06. The standard InChI is InChI=1S/C23H28N4OS/c1-16(21(28)24-15-17-9-7-6-8-10-17)29-22-26-25-20(27(22)5)18-11-13-19(14-12-18)23(2,3)4/h6-14,16H,15H2,1-5H3,(H,24,28). The van der Waals surface area contributed by atoms with Crippen LogP contribution in [0.25, 0.3) is 11.4 Å². The summed E-state index contributed by atoms with van der Waals surface area (Å²) in [5, 5.41) is 12.1. The van der Waals surface area contributed by atoms with Gasteiger partial charge in [-0.1, -0.05) is 87.1 Å². The molecule has 3 rings (SSSR count). The van der Waals surface area contributed by atoms with Gasteiger partial charge in [-0.3, -0.25) is 4.79 Å². The van der Waals surface area contributed by atoms with Gasteiger partial charge < -0.3 is 9.88 Å². The third kappa shape index (κ3) is 5.26. The van der Waals surface area contributed by atoms with E-state index in [1.807, 2.05) is 48.9 Å². The minimum Gasteiger partial charge on any atom is -0.351 e. The highest BCUT2D eigenvalue weighted by Crippen LogP contribution is 2.28. The topological polar surface area (TPSA) is 59.8 Å². The zero-order valence-corrected chi connectivity index (χ0v) is 18.5. The van der Waals surface area contributed by atoms with E-state index >= 15 is 0 Å². The number of rotatable bonds is 6. The second kappa shape index (κ2) is 8.82. The largest absolute Gasteiger partial charge is 0.351 e. The first-order valence-corrected chi connectivity index (χ1v) is 10.6. The van der Waals surface area contributed by atoms with Crippen LogP contribution in [0.5, 0.6) is 0 Å². The number of hydrogen-bond acceptors (Lipinski definition) is 4. The van der Waals surface area contributed by atoms with Gasteiger partial charge in [0.25, 0.3) is 0 Å². The van der Waals surface area contributed by atoms with E-state index in [4.69, 9.17) is 0 Å². The van der Waals surface area contributed by atoms with Gasteiger partial charge in [0, 0.05) is 19.2 Å². The maximum absolute atomic E-state index is 12.5. The first-order chi connectivity index (χ1) is 13.8. The lowest BCUT2D eigenvalue weighted by atomic mass is 9.87. The molecule has 1 atom stereocenters. The lowest BCUT2D eigenvalue weighted by Crippen LogP contribution is -2.30. The highest BCUT2D eigenvalue weighted by atomic mass is 32.2. The summed E-state index contributed by atoms with van der Waals surface area (Å²) in [7, 11) is 1.93. The molecule has 3 aromatic rings. The summed E-state index contributed by atoms with van der Waals surface area (Å²) in [5.74, 6) is 0.780. The van der Waals surface area contributed by atoms with Crippen LogP contribution >= 0.6 is 11.8 Å². The van der Waals surface area contributed by atoms with Gasteiger partial charge >= 0.3 is 0 Å². The molecular formula is C23H28N4OS. The van der Waals surface area contributed by atoms with Crippen molar-refractivity contribution in [3.8, 4) is 11.4 Å². The van der Waals surface area contributed by atoms with Gasteiger partial charge in [-0.2, -0.15) is 0 Å². The number of nitrogens with zero attached hydrogens (tertiary/aromatic N) is 3. The molecule has 0 saturated heterocycles. The molecule has 1 aromatic heterocycles. The summed E-state index contributed by atoms with van der Waals surface area (Å²) >= 11 is 1.41. The van der Waals surface area contributed by atoms with Gasteiger partial charge in [0.05, 0.1) is 5.25 Å². The number of aromatic nitrogens is 3. The van der Waals surface area contributed by atoms with Gasteiger partial charge in [-0.05, 0) is 23.5 Å².